The average molecular weight is 393 g/mol. The van der Waals surface area contributed by atoms with Gasteiger partial charge in [-0.1, -0.05) is 32.0 Å². The van der Waals surface area contributed by atoms with Gasteiger partial charge in [0.25, 0.3) is 0 Å². The Morgan fingerprint density at radius 1 is 1.07 bits per heavy atom. The molecule has 6 heteroatoms. The number of aryl methyl sites for hydroxylation is 1. The summed E-state index contributed by atoms with van der Waals surface area (Å²) in [5.41, 5.74) is 4.00. The van der Waals surface area contributed by atoms with Crippen LogP contribution in [0.2, 0.25) is 0 Å². The van der Waals surface area contributed by atoms with E-state index in [2.05, 4.69) is 10.6 Å². The molecule has 29 heavy (non-hydrogen) atoms. The van der Waals surface area contributed by atoms with E-state index in [0.29, 0.717) is 17.8 Å². The van der Waals surface area contributed by atoms with Crippen molar-refractivity contribution in [2.75, 3.05) is 22.1 Å². The zero-order valence-corrected chi connectivity index (χ0v) is 17.1. The number of amides is 3. The summed E-state index contributed by atoms with van der Waals surface area (Å²) in [5, 5.41) is 5.77. The second kappa shape index (κ2) is 8.90. The molecule has 0 aromatic heterocycles. The average Bonchev–Trinajstić information content (AvgIpc) is 3.11. The minimum absolute atomic E-state index is 0.0669. The van der Waals surface area contributed by atoms with Crippen molar-refractivity contribution in [3.05, 3.63) is 53.6 Å². The Bertz CT molecular complexity index is 919. The van der Waals surface area contributed by atoms with Crippen molar-refractivity contribution in [3.8, 4) is 0 Å². The number of carbonyl (C=O) groups excluding carboxylic acids is 3. The largest absolute Gasteiger partial charge is 0.326 e. The van der Waals surface area contributed by atoms with E-state index in [1.54, 1.807) is 11.0 Å². The van der Waals surface area contributed by atoms with Crippen molar-refractivity contribution in [1.29, 1.82) is 0 Å². The van der Waals surface area contributed by atoms with E-state index in [1.807, 2.05) is 57.2 Å². The Morgan fingerprint density at radius 3 is 2.41 bits per heavy atom. The lowest BCUT2D eigenvalue weighted by Gasteiger charge is -2.16. The van der Waals surface area contributed by atoms with Gasteiger partial charge in [-0.25, -0.2) is 0 Å². The molecular weight excluding hydrogens is 366 g/mol. The van der Waals surface area contributed by atoms with E-state index in [-0.39, 0.29) is 30.1 Å². The number of hydrogen-bond donors (Lipinski definition) is 2. The third kappa shape index (κ3) is 5.22. The molecule has 1 aliphatic heterocycles. The predicted octanol–water partition coefficient (Wildman–Crippen LogP) is 3.90. The van der Waals surface area contributed by atoms with Crippen LogP contribution in [0.5, 0.6) is 0 Å². The van der Waals surface area contributed by atoms with E-state index in [1.165, 1.54) is 0 Å². The first-order valence-corrected chi connectivity index (χ1v) is 9.94. The summed E-state index contributed by atoms with van der Waals surface area (Å²) in [6, 6.07) is 13.0. The first-order valence-electron chi connectivity index (χ1n) is 9.94. The highest BCUT2D eigenvalue weighted by molar-refractivity contribution is 5.97. The highest BCUT2D eigenvalue weighted by Gasteiger charge is 2.21. The lowest BCUT2D eigenvalue weighted by molar-refractivity contribution is -0.119. The molecule has 2 N–H and O–H groups in total. The molecule has 1 aliphatic rings. The third-order valence-corrected chi connectivity index (χ3v) is 4.99. The fourth-order valence-corrected chi connectivity index (χ4v) is 3.22. The van der Waals surface area contributed by atoms with Gasteiger partial charge in [-0.2, -0.15) is 0 Å². The minimum Gasteiger partial charge on any atom is -0.326 e. The number of nitrogens with one attached hydrogen (secondary N) is 2. The Labute approximate surface area is 171 Å². The van der Waals surface area contributed by atoms with Gasteiger partial charge in [0.1, 0.15) is 0 Å². The molecule has 0 aliphatic carbocycles. The number of benzene rings is 2. The number of rotatable bonds is 6. The maximum absolute atomic E-state index is 12.5. The lowest BCUT2D eigenvalue weighted by atomic mass is 10.1. The quantitative estimate of drug-likeness (QED) is 0.781. The lowest BCUT2D eigenvalue weighted by Crippen LogP contribution is -2.23. The number of hydrogen-bond acceptors (Lipinski definition) is 3. The van der Waals surface area contributed by atoms with Gasteiger partial charge < -0.3 is 15.5 Å². The Hall–Kier alpha value is -3.15. The molecule has 3 rings (SSSR count). The van der Waals surface area contributed by atoms with Crippen molar-refractivity contribution in [2.24, 2.45) is 5.92 Å². The molecule has 152 valence electrons. The van der Waals surface area contributed by atoms with Crippen molar-refractivity contribution in [3.63, 3.8) is 0 Å². The molecule has 0 saturated carbocycles. The molecular formula is C23H27N3O3. The smallest absolute Gasteiger partial charge is 0.228 e. The molecule has 2 aromatic rings. The normalized spacial score (nSPS) is 13.7. The SMILES string of the molecule is Cc1ccc(NC(=O)C(C)C)cc1NC(=O)Cc1ccc(N2CCCC2=O)cc1. The highest BCUT2D eigenvalue weighted by Crippen LogP contribution is 2.23. The molecule has 1 saturated heterocycles. The van der Waals surface area contributed by atoms with Crippen LogP contribution in [0, 0.1) is 12.8 Å². The molecule has 0 unspecified atom stereocenters. The molecule has 2 aromatic carbocycles. The monoisotopic (exact) mass is 393 g/mol. The Balaban J connectivity index is 1.63. The van der Waals surface area contributed by atoms with Gasteiger partial charge in [0.15, 0.2) is 0 Å². The zero-order valence-electron chi connectivity index (χ0n) is 17.1. The van der Waals surface area contributed by atoms with Crippen molar-refractivity contribution >= 4 is 34.8 Å². The van der Waals surface area contributed by atoms with Crippen LogP contribution in [0.3, 0.4) is 0 Å². The van der Waals surface area contributed by atoms with Crippen LogP contribution in [-0.2, 0) is 20.8 Å². The molecule has 6 nitrogen and oxygen atoms in total. The van der Waals surface area contributed by atoms with E-state index < -0.39 is 0 Å². The summed E-state index contributed by atoms with van der Waals surface area (Å²) < 4.78 is 0. The highest BCUT2D eigenvalue weighted by atomic mass is 16.2. The van der Waals surface area contributed by atoms with Crippen LogP contribution < -0.4 is 15.5 Å². The molecule has 0 radical (unpaired) electrons. The van der Waals surface area contributed by atoms with E-state index >= 15 is 0 Å². The maximum Gasteiger partial charge on any atom is 0.228 e. The summed E-state index contributed by atoms with van der Waals surface area (Å²) in [6.45, 7) is 6.32. The van der Waals surface area contributed by atoms with Crippen LogP contribution in [0.4, 0.5) is 17.1 Å². The van der Waals surface area contributed by atoms with E-state index in [9.17, 15) is 14.4 Å². The molecule has 0 spiro atoms. The number of nitrogens with zero attached hydrogens (tertiary/aromatic N) is 1. The maximum atomic E-state index is 12.5. The van der Waals surface area contributed by atoms with Gasteiger partial charge in [0, 0.05) is 35.9 Å². The van der Waals surface area contributed by atoms with Crippen LogP contribution >= 0.6 is 0 Å². The summed E-state index contributed by atoms with van der Waals surface area (Å²) in [4.78, 5) is 38.0. The van der Waals surface area contributed by atoms with E-state index in [0.717, 1.165) is 29.8 Å². The van der Waals surface area contributed by atoms with Crippen molar-refractivity contribution in [2.45, 2.75) is 40.0 Å². The Kier molecular flexibility index (Phi) is 6.32. The van der Waals surface area contributed by atoms with Gasteiger partial charge in [0.2, 0.25) is 17.7 Å². The van der Waals surface area contributed by atoms with Gasteiger partial charge in [0.05, 0.1) is 6.42 Å². The summed E-state index contributed by atoms with van der Waals surface area (Å²) >= 11 is 0. The Morgan fingerprint density at radius 2 is 1.79 bits per heavy atom. The van der Waals surface area contributed by atoms with Crippen LogP contribution in [-0.4, -0.2) is 24.3 Å². The molecule has 0 bridgehead atoms. The van der Waals surface area contributed by atoms with Crippen molar-refractivity contribution in [1.82, 2.24) is 0 Å². The van der Waals surface area contributed by atoms with E-state index in [4.69, 9.17) is 0 Å². The minimum atomic E-state index is -0.134. The van der Waals surface area contributed by atoms with Crippen LogP contribution in [0.15, 0.2) is 42.5 Å². The number of anilines is 3. The fourth-order valence-electron chi connectivity index (χ4n) is 3.22. The fraction of sp³-hybridized carbons (Fsp3) is 0.348. The topological polar surface area (TPSA) is 78.5 Å². The third-order valence-electron chi connectivity index (χ3n) is 4.99. The summed E-state index contributed by atoms with van der Waals surface area (Å²) in [6.07, 6.45) is 1.72. The van der Waals surface area contributed by atoms with Gasteiger partial charge in [-0.3, -0.25) is 14.4 Å². The summed E-state index contributed by atoms with van der Waals surface area (Å²) in [7, 11) is 0. The first kappa shape index (κ1) is 20.6. The van der Waals surface area contributed by atoms with Crippen molar-refractivity contribution < 1.29 is 14.4 Å². The zero-order chi connectivity index (χ0) is 21.0. The molecule has 1 fully saturated rings. The molecule has 0 atom stereocenters. The molecule has 1 heterocycles. The van der Waals surface area contributed by atoms with Crippen LogP contribution in [0.1, 0.15) is 37.8 Å². The number of carbonyl (C=O) groups is 3. The molecule has 3 amide bonds. The first-order chi connectivity index (χ1) is 13.8. The van der Waals surface area contributed by atoms with Gasteiger partial charge >= 0.3 is 0 Å². The second-order valence-electron chi connectivity index (χ2n) is 7.71. The standard InChI is InChI=1S/C23H27N3O3/c1-15(2)23(29)24-18-9-6-16(3)20(14-18)25-21(27)13-17-7-10-19(11-8-17)26-12-4-5-22(26)28/h6-11,14-15H,4-5,12-13H2,1-3H3,(H,24,29)(H,25,27). The van der Waals surface area contributed by atoms with Gasteiger partial charge in [-0.05, 0) is 48.7 Å². The second-order valence-corrected chi connectivity index (χ2v) is 7.71. The van der Waals surface area contributed by atoms with Crippen LogP contribution in [0.25, 0.3) is 0 Å². The summed E-state index contributed by atoms with van der Waals surface area (Å²) in [5.74, 6) is -0.170. The van der Waals surface area contributed by atoms with Gasteiger partial charge in [-0.15, -0.1) is 0 Å². The predicted molar refractivity (Wildman–Crippen MR) is 115 cm³/mol.